The smallest absolute Gasteiger partial charge is 0.224 e. The number of hydrogen-bond acceptors (Lipinski definition) is 3. The van der Waals surface area contributed by atoms with E-state index in [1.54, 1.807) is 11.3 Å². The van der Waals surface area contributed by atoms with Gasteiger partial charge in [-0.2, -0.15) is 11.3 Å². The highest BCUT2D eigenvalue weighted by Crippen LogP contribution is 2.26. The highest BCUT2D eigenvalue weighted by molar-refractivity contribution is 7.07. The molecular formula is C23H26N2OS. The molecule has 0 aliphatic carbocycles. The van der Waals surface area contributed by atoms with Crippen LogP contribution >= 0.6 is 11.3 Å². The summed E-state index contributed by atoms with van der Waals surface area (Å²) >= 11 is 1.73. The Morgan fingerprint density at radius 2 is 1.85 bits per heavy atom. The van der Waals surface area contributed by atoms with Crippen molar-refractivity contribution in [1.29, 1.82) is 0 Å². The molecule has 0 saturated carbocycles. The summed E-state index contributed by atoms with van der Waals surface area (Å²) in [6, 6.07) is 16.9. The molecule has 140 valence electrons. The van der Waals surface area contributed by atoms with E-state index in [-0.39, 0.29) is 11.9 Å². The van der Waals surface area contributed by atoms with E-state index in [1.165, 1.54) is 35.6 Å². The van der Waals surface area contributed by atoms with E-state index >= 15 is 0 Å². The van der Waals surface area contributed by atoms with Crippen LogP contribution in [0.5, 0.6) is 0 Å². The Balaban J connectivity index is 1.43. The monoisotopic (exact) mass is 378 g/mol. The van der Waals surface area contributed by atoms with E-state index in [0.29, 0.717) is 13.0 Å². The molecule has 0 bridgehead atoms. The van der Waals surface area contributed by atoms with Crippen molar-refractivity contribution >= 4 is 28.0 Å². The maximum atomic E-state index is 12.7. The van der Waals surface area contributed by atoms with E-state index in [9.17, 15) is 4.79 Å². The predicted octanol–water partition coefficient (Wildman–Crippen LogP) is 4.79. The van der Waals surface area contributed by atoms with Crippen LogP contribution < -0.4 is 5.32 Å². The molecule has 0 spiro atoms. The van der Waals surface area contributed by atoms with Gasteiger partial charge in [-0.25, -0.2) is 0 Å². The second-order valence-corrected chi connectivity index (χ2v) is 8.07. The highest BCUT2D eigenvalue weighted by Gasteiger charge is 2.23. The van der Waals surface area contributed by atoms with Gasteiger partial charge >= 0.3 is 0 Å². The number of carbonyl (C=O) groups excluding carboxylic acids is 1. The Hall–Kier alpha value is -2.17. The molecule has 0 radical (unpaired) electrons. The number of nitrogens with one attached hydrogen (secondary N) is 1. The number of hydrogen-bond donors (Lipinski definition) is 1. The minimum Gasteiger partial charge on any atom is -0.354 e. The number of amides is 1. The first-order valence-corrected chi connectivity index (χ1v) is 10.7. The SMILES string of the molecule is O=C(Cc1cccc2ccccc12)NCC(c1ccsc1)N1CCCCC1. The van der Waals surface area contributed by atoms with Gasteiger partial charge in [0, 0.05) is 6.54 Å². The van der Waals surface area contributed by atoms with Crippen molar-refractivity contribution in [3.63, 3.8) is 0 Å². The molecule has 1 aliphatic heterocycles. The number of carbonyl (C=O) groups is 1. The summed E-state index contributed by atoms with van der Waals surface area (Å²) in [4.78, 5) is 15.2. The third kappa shape index (κ3) is 4.40. The zero-order valence-electron chi connectivity index (χ0n) is 15.6. The number of piperidine rings is 1. The second-order valence-electron chi connectivity index (χ2n) is 7.29. The maximum absolute atomic E-state index is 12.7. The van der Waals surface area contributed by atoms with Crippen molar-refractivity contribution in [2.45, 2.75) is 31.7 Å². The third-order valence-electron chi connectivity index (χ3n) is 5.48. The fraction of sp³-hybridized carbons (Fsp3) is 0.348. The quantitative estimate of drug-likeness (QED) is 0.669. The van der Waals surface area contributed by atoms with E-state index in [1.807, 2.05) is 18.2 Å². The fourth-order valence-electron chi connectivity index (χ4n) is 4.05. The molecule has 2 aromatic carbocycles. The molecule has 1 aliphatic rings. The molecule has 1 aromatic heterocycles. The fourth-order valence-corrected chi connectivity index (χ4v) is 4.75. The summed E-state index contributed by atoms with van der Waals surface area (Å²) in [7, 11) is 0. The van der Waals surface area contributed by atoms with Crippen molar-refractivity contribution < 1.29 is 4.79 Å². The van der Waals surface area contributed by atoms with Gasteiger partial charge in [-0.3, -0.25) is 9.69 Å². The van der Waals surface area contributed by atoms with Crippen LogP contribution in [0.4, 0.5) is 0 Å². The van der Waals surface area contributed by atoms with Crippen LogP contribution in [0.2, 0.25) is 0 Å². The molecule has 1 unspecified atom stereocenters. The van der Waals surface area contributed by atoms with Crippen molar-refractivity contribution in [2.75, 3.05) is 19.6 Å². The van der Waals surface area contributed by atoms with Crippen LogP contribution in [0.1, 0.15) is 36.4 Å². The van der Waals surface area contributed by atoms with Crippen molar-refractivity contribution in [2.24, 2.45) is 0 Å². The van der Waals surface area contributed by atoms with Crippen molar-refractivity contribution in [3.8, 4) is 0 Å². The van der Waals surface area contributed by atoms with E-state index in [2.05, 4.69) is 51.3 Å². The number of likely N-dealkylation sites (tertiary alicyclic amines) is 1. The van der Waals surface area contributed by atoms with Gasteiger partial charge in [-0.15, -0.1) is 0 Å². The first-order valence-electron chi connectivity index (χ1n) is 9.81. The Kier molecular flexibility index (Phi) is 5.85. The Morgan fingerprint density at radius 3 is 2.67 bits per heavy atom. The number of benzene rings is 2. The topological polar surface area (TPSA) is 32.3 Å². The standard InChI is InChI=1S/C23H26N2OS/c26-23(15-19-9-6-8-18-7-2-3-10-21(18)19)24-16-22(20-11-14-27-17-20)25-12-4-1-5-13-25/h2-3,6-11,14,17,22H,1,4-5,12-13,15-16H2,(H,24,26). The molecule has 1 fully saturated rings. The predicted molar refractivity (Wildman–Crippen MR) is 113 cm³/mol. The molecule has 27 heavy (non-hydrogen) atoms. The summed E-state index contributed by atoms with van der Waals surface area (Å²) < 4.78 is 0. The minimum atomic E-state index is 0.101. The average Bonchev–Trinajstić information content (AvgIpc) is 3.24. The second kappa shape index (κ2) is 8.68. The summed E-state index contributed by atoms with van der Waals surface area (Å²) in [5, 5.41) is 9.91. The van der Waals surface area contributed by atoms with E-state index in [4.69, 9.17) is 0 Å². The van der Waals surface area contributed by atoms with Gasteiger partial charge in [0.25, 0.3) is 0 Å². The van der Waals surface area contributed by atoms with E-state index in [0.717, 1.165) is 18.7 Å². The Bertz CT molecular complexity index is 879. The molecule has 1 amide bonds. The summed E-state index contributed by atoms with van der Waals surface area (Å²) in [6.45, 7) is 2.93. The van der Waals surface area contributed by atoms with Gasteiger partial charge in [0.2, 0.25) is 5.91 Å². The van der Waals surface area contributed by atoms with Crippen LogP contribution in [0.25, 0.3) is 10.8 Å². The molecule has 3 nitrogen and oxygen atoms in total. The molecule has 4 rings (SSSR count). The van der Waals surface area contributed by atoms with Gasteiger partial charge in [-0.1, -0.05) is 48.9 Å². The van der Waals surface area contributed by atoms with Crippen LogP contribution in [0, 0.1) is 0 Å². The normalized spacial score (nSPS) is 16.3. The summed E-state index contributed by atoms with van der Waals surface area (Å²) in [5.41, 5.74) is 2.42. The minimum absolute atomic E-state index is 0.101. The van der Waals surface area contributed by atoms with Crippen LogP contribution in [0.15, 0.2) is 59.3 Å². The van der Waals surface area contributed by atoms with Crippen molar-refractivity contribution in [3.05, 3.63) is 70.4 Å². The lowest BCUT2D eigenvalue weighted by atomic mass is 10.0. The summed E-state index contributed by atoms with van der Waals surface area (Å²) in [5.74, 6) is 0.101. The number of rotatable bonds is 6. The summed E-state index contributed by atoms with van der Waals surface area (Å²) in [6.07, 6.45) is 4.26. The lowest BCUT2D eigenvalue weighted by Gasteiger charge is -2.34. The number of fused-ring (bicyclic) bond motifs is 1. The highest BCUT2D eigenvalue weighted by atomic mass is 32.1. The largest absolute Gasteiger partial charge is 0.354 e. The van der Waals surface area contributed by atoms with Gasteiger partial charge in [-0.05, 0) is 64.7 Å². The molecule has 1 N–H and O–H groups in total. The molecule has 1 atom stereocenters. The zero-order valence-corrected chi connectivity index (χ0v) is 16.4. The van der Waals surface area contributed by atoms with Crippen LogP contribution in [-0.2, 0) is 11.2 Å². The number of nitrogens with zero attached hydrogens (tertiary/aromatic N) is 1. The molecule has 3 aromatic rings. The van der Waals surface area contributed by atoms with E-state index < -0.39 is 0 Å². The van der Waals surface area contributed by atoms with Gasteiger partial charge in [0.1, 0.15) is 0 Å². The van der Waals surface area contributed by atoms with Gasteiger partial charge in [0.05, 0.1) is 12.5 Å². The molecule has 2 heterocycles. The molecule has 1 saturated heterocycles. The molecular weight excluding hydrogens is 352 g/mol. The van der Waals surface area contributed by atoms with Gasteiger partial charge < -0.3 is 5.32 Å². The first kappa shape index (κ1) is 18.2. The molecule has 4 heteroatoms. The van der Waals surface area contributed by atoms with Crippen molar-refractivity contribution in [1.82, 2.24) is 10.2 Å². The number of thiophene rings is 1. The average molecular weight is 379 g/mol. The van der Waals surface area contributed by atoms with Crippen LogP contribution in [0.3, 0.4) is 0 Å². The Morgan fingerprint density at radius 1 is 1.04 bits per heavy atom. The van der Waals surface area contributed by atoms with Crippen LogP contribution in [-0.4, -0.2) is 30.4 Å². The third-order valence-corrected chi connectivity index (χ3v) is 6.18. The Labute approximate surface area is 165 Å². The lowest BCUT2D eigenvalue weighted by Crippen LogP contribution is -2.40. The first-order chi connectivity index (χ1) is 13.3. The zero-order chi connectivity index (χ0) is 18.5. The lowest BCUT2D eigenvalue weighted by molar-refractivity contribution is -0.120. The van der Waals surface area contributed by atoms with Gasteiger partial charge in [0.15, 0.2) is 0 Å². The maximum Gasteiger partial charge on any atom is 0.224 e.